The van der Waals surface area contributed by atoms with Gasteiger partial charge in [0.1, 0.15) is 5.00 Å². The smallest absolute Gasteiger partial charge is 0.287 e. The summed E-state index contributed by atoms with van der Waals surface area (Å²) >= 11 is 0.908. The standard InChI is InChI=1S/C4H3F3N2S/c5-4(6,7)9-3-1-8-2-10-3/h1-2,9H. The molecule has 0 aromatic carbocycles. The van der Waals surface area contributed by atoms with Crippen LogP contribution in [0.2, 0.25) is 0 Å². The molecule has 0 fully saturated rings. The van der Waals surface area contributed by atoms with E-state index in [9.17, 15) is 13.2 Å². The van der Waals surface area contributed by atoms with Gasteiger partial charge in [0, 0.05) is 0 Å². The average Bonchev–Trinajstić information content (AvgIpc) is 2.12. The maximum atomic E-state index is 11.5. The van der Waals surface area contributed by atoms with Crippen molar-refractivity contribution in [3.05, 3.63) is 11.7 Å². The summed E-state index contributed by atoms with van der Waals surface area (Å²) in [5, 5.41) is 1.32. The summed E-state index contributed by atoms with van der Waals surface area (Å²) in [4.78, 5) is 3.46. The van der Waals surface area contributed by atoms with E-state index < -0.39 is 6.30 Å². The molecule has 0 amide bonds. The molecule has 0 radical (unpaired) electrons. The number of thiazole rings is 1. The van der Waals surface area contributed by atoms with E-state index in [0.29, 0.717) is 0 Å². The number of anilines is 1. The number of nitrogens with one attached hydrogen (secondary N) is 1. The van der Waals surface area contributed by atoms with Crippen molar-refractivity contribution in [1.29, 1.82) is 0 Å². The number of hydrogen-bond donors (Lipinski definition) is 1. The second-order valence-electron chi connectivity index (χ2n) is 1.49. The Morgan fingerprint density at radius 3 is 2.60 bits per heavy atom. The average molecular weight is 168 g/mol. The molecule has 0 aliphatic heterocycles. The van der Waals surface area contributed by atoms with Gasteiger partial charge in [0.2, 0.25) is 0 Å². The maximum absolute atomic E-state index is 11.5. The van der Waals surface area contributed by atoms with Gasteiger partial charge in [0.05, 0.1) is 11.7 Å². The lowest BCUT2D eigenvalue weighted by molar-refractivity contribution is -0.0996. The fourth-order valence-electron chi connectivity index (χ4n) is 0.417. The lowest BCUT2D eigenvalue weighted by Crippen LogP contribution is -2.19. The van der Waals surface area contributed by atoms with Crippen molar-refractivity contribution >= 4 is 16.3 Å². The largest absolute Gasteiger partial charge is 0.483 e. The van der Waals surface area contributed by atoms with Crippen LogP contribution in [0.1, 0.15) is 0 Å². The molecule has 1 heterocycles. The first-order valence-electron chi connectivity index (χ1n) is 2.31. The van der Waals surface area contributed by atoms with E-state index in [1.807, 2.05) is 0 Å². The van der Waals surface area contributed by atoms with Crippen molar-refractivity contribution in [2.24, 2.45) is 0 Å². The van der Waals surface area contributed by atoms with Gasteiger partial charge in [-0.05, 0) is 0 Å². The SMILES string of the molecule is FC(F)(F)Nc1cncs1. The molecule has 0 saturated carbocycles. The van der Waals surface area contributed by atoms with Crippen LogP contribution in [0.3, 0.4) is 0 Å². The summed E-state index contributed by atoms with van der Waals surface area (Å²) in [6, 6.07) is 0. The summed E-state index contributed by atoms with van der Waals surface area (Å²) in [7, 11) is 0. The molecule has 10 heavy (non-hydrogen) atoms. The Bertz CT molecular complexity index is 193. The van der Waals surface area contributed by atoms with E-state index in [0.717, 1.165) is 17.5 Å². The van der Waals surface area contributed by atoms with E-state index in [4.69, 9.17) is 0 Å². The van der Waals surface area contributed by atoms with Crippen LogP contribution in [-0.4, -0.2) is 11.3 Å². The normalized spacial score (nSPS) is 11.5. The fraction of sp³-hybridized carbons (Fsp3) is 0.250. The van der Waals surface area contributed by atoms with Gasteiger partial charge in [-0.15, -0.1) is 11.3 Å². The van der Waals surface area contributed by atoms with Crippen LogP contribution in [0.4, 0.5) is 18.2 Å². The second kappa shape index (κ2) is 2.45. The van der Waals surface area contributed by atoms with E-state index in [1.54, 1.807) is 0 Å². The van der Waals surface area contributed by atoms with Gasteiger partial charge in [-0.1, -0.05) is 0 Å². The number of aromatic nitrogens is 1. The summed E-state index contributed by atoms with van der Waals surface area (Å²) in [6.07, 6.45) is -3.23. The first-order valence-corrected chi connectivity index (χ1v) is 3.19. The summed E-state index contributed by atoms with van der Waals surface area (Å²) in [5.74, 6) is 0. The zero-order valence-electron chi connectivity index (χ0n) is 4.64. The minimum atomic E-state index is -4.35. The van der Waals surface area contributed by atoms with Gasteiger partial charge in [-0.2, -0.15) is 13.2 Å². The van der Waals surface area contributed by atoms with Crippen LogP contribution in [-0.2, 0) is 0 Å². The first kappa shape index (κ1) is 7.33. The Morgan fingerprint density at radius 2 is 2.20 bits per heavy atom. The van der Waals surface area contributed by atoms with Crippen molar-refractivity contribution in [2.45, 2.75) is 6.30 Å². The Kier molecular flexibility index (Phi) is 1.80. The monoisotopic (exact) mass is 168 g/mol. The Balaban J connectivity index is 2.57. The third kappa shape index (κ3) is 2.22. The van der Waals surface area contributed by atoms with E-state index in [1.165, 1.54) is 10.8 Å². The Morgan fingerprint density at radius 1 is 1.50 bits per heavy atom. The molecule has 1 aromatic heterocycles. The molecular weight excluding hydrogens is 165 g/mol. The Labute approximate surface area is 58.7 Å². The summed E-state index contributed by atoms with van der Waals surface area (Å²) in [5.41, 5.74) is 1.33. The molecule has 0 aliphatic carbocycles. The van der Waals surface area contributed by atoms with Crippen LogP contribution in [0.25, 0.3) is 0 Å². The molecular formula is C4H3F3N2S. The highest BCUT2D eigenvalue weighted by Crippen LogP contribution is 2.21. The molecule has 0 unspecified atom stereocenters. The van der Waals surface area contributed by atoms with E-state index in [2.05, 4.69) is 4.98 Å². The number of hydrogen-bond acceptors (Lipinski definition) is 3. The summed E-state index contributed by atoms with van der Waals surface area (Å²) in [6.45, 7) is 0. The predicted octanol–water partition coefficient (Wildman–Crippen LogP) is 2.07. The van der Waals surface area contributed by atoms with Gasteiger partial charge < -0.3 is 0 Å². The van der Waals surface area contributed by atoms with Crippen LogP contribution in [0.5, 0.6) is 0 Å². The second-order valence-corrected chi connectivity index (χ2v) is 2.37. The van der Waals surface area contributed by atoms with E-state index in [-0.39, 0.29) is 5.00 Å². The fourth-order valence-corrected chi connectivity index (χ4v) is 0.949. The molecule has 0 atom stereocenters. The highest BCUT2D eigenvalue weighted by molar-refractivity contribution is 7.13. The highest BCUT2D eigenvalue weighted by atomic mass is 32.1. The highest BCUT2D eigenvalue weighted by Gasteiger charge is 2.27. The van der Waals surface area contributed by atoms with Crippen LogP contribution in [0.15, 0.2) is 11.7 Å². The summed E-state index contributed by atoms with van der Waals surface area (Å²) < 4.78 is 34.5. The number of nitrogens with zero attached hydrogens (tertiary/aromatic N) is 1. The zero-order chi connectivity index (χ0) is 7.61. The number of rotatable bonds is 1. The lowest BCUT2D eigenvalue weighted by Gasteiger charge is -2.05. The topological polar surface area (TPSA) is 24.9 Å². The molecule has 0 bridgehead atoms. The van der Waals surface area contributed by atoms with Gasteiger partial charge in [-0.25, -0.2) is 0 Å². The molecule has 0 saturated heterocycles. The van der Waals surface area contributed by atoms with Crippen molar-refractivity contribution in [2.75, 3.05) is 5.32 Å². The minimum absolute atomic E-state index is 0.00694. The minimum Gasteiger partial charge on any atom is -0.287 e. The quantitative estimate of drug-likeness (QED) is 0.649. The molecule has 1 rings (SSSR count). The predicted molar refractivity (Wildman–Crippen MR) is 31.8 cm³/mol. The van der Waals surface area contributed by atoms with E-state index >= 15 is 0 Å². The van der Waals surface area contributed by atoms with Crippen molar-refractivity contribution in [1.82, 2.24) is 4.98 Å². The van der Waals surface area contributed by atoms with Gasteiger partial charge in [0.15, 0.2) is 0 Å². The maximum Gasteiger partial charge on any atom is 0.483 e. The van der Waals surface area contributed by atoms with Crippen molar-refractivity contribution < 1.29 is 13.2 Å². The number of halogens is 3. The van der Waals surface area contributed by atoms with Crippen LogP contribution in [0, 0.1) is 0 Å². The third-order valence-corrected chi connectivity index (χ3v) is 1.39. The number of alkyl halides is 3. The molecule has 56 valence electrons. The van der Waals surface area contributed by atoms with Crippen LogP contribution < -0.4 is 5.32 Å². The molecule has 6 heteroatoms. The molecule has 0 aliphatic rings. The first-order chi connectivity index (χ1) is 4.58. The molecule has 1 aromatic rings. The van der Waals surface area contributed by atoms with Gasteiger partial charge in [0.25, 0.3) is 0 Å². The molecule has 0 spiro atoms. The lowest BCUT2D eigenvalue weighted by atomic mass is 10.8. The third-order valence-electron chi connectivity index (χ3n) is 0.697. The Hall–Kier alpha value is -0.780. The molecule has 1 N–H and O–H groups in total. The van der Waals surface area contributed by atoms with Crippen LogP contribution >= 0.6 is 11.3 Å². The van der Waals surface area contributed by atoms with Gasteiger partial charge in [-0.3, -0.25) is 10.3 Å². The molecule has 2 nitrogen and oxygen atoms in total. The van der Waals surface area contributed by atoms with Crippen molar-refractivity contribution in [3.63, 3.8) is 0 Å². The zero-order valence-corrected chi connectivity index (χ0v) is 5.46. The van der Waals surface area contributed by atoms with Gasteiger partial charge >= 0.3 is 6.30 Å². The van der Waals surface area contributed by atoms with Crippen molar-refractivity contribution in [3.8, 4) is 0 Å².